The summed E-state index contributed by atoms with van der Waals surface area (Å²) in [6.07, 6.45) is 0.532. The van der Waals surface area contributed by atoms with Crippen LogP contribution in [-0.2, 0) is 4.79 Å². The van der Waals surface area contributed by atoms with E-state index >= 15 is 0 Å². The average Bonchev–Trinajstić information content (AvgIpc) is 2.58. The van der Waals surface area contributed by atoms with E-state index in [9.17, 15) is 9.59 Å². The summed E-state index contributed by atoms with van der Waals surface area (Å²) in [5, 5.41) is 3.93. The number of carbonyl (C=O) groups excluding carboxylic acids is 1. The summed E-state index contributed by atoms with van der Waals surface area (Å²) < 4.78 is 1.60. The summed E-state index contributed by atoms with van der Waals surface area (Å²) in [6, 6.07) is 16.4. The summed E-state index contributed by atoms with van der Waals surface area (Å²) >= 11 is 0. The normalized spacial score (nSPS) is 12.1. The largest absolute Gasteiger partial charge is 0.324 e. The zero-order valence-electron chi connectivity index (χ0n) is 14.7. The minimum Gasteiger partial charge on any atom is -0.324 e. The van der Waals surface area contributed by atoms with Gasteiger partial charge >= 0.3 is 0 Å². The molecule has 0 aliphatic rings. The minimum atomic E-state index is -0.557. The molecule has 3 aromatic rings. The number of hydrogen-bond acceptors (Lipinski definition) is 2. The molecule has 3 rings (SSSR count). The van der Waals surface area contributed by atoms with Crippen molar-refractivity contribution in [3.05, 3.63) is 76.1 Å². The molecule has 25 heavy (non-hydrogen) atoms. The fourth-order valence-corrected chi connectivity index (χ4v) is 3.22. The summed E-state index contributed by atoms with van der Waals surface area (Å²) in [7, 11) is 0. The Balaban J connectivity index is 2.05. The molecule has 1 amide bonds. The quantitative estimate of drug-likeness (QED) is 0.777. The summed E-state index contributed by atoms with van der Waals surface area (Å²) in [6.45, 7) is 5.81. The summed E-state index contributed by atoms with van der Waals surface area (Å²) in [4.78, 5) is 25.5. The van der Waals surface area contributed by atoms with E-state index in [1.807, 2.05) is 69.3 Å². The zero-order valence-corrected chi connectivity index (χ0v) is 14.7. The molecule has 0 radical (unpaired) electrons. The van der Waals surface area contributed by atoms with Crippen LogP contribution in [0.15, 0.2) is 59.4 Å². The van der Waals surface area contributed by atoms with Crippen LogP contribution in [0.5, 0.6) is 0 Å². The number of para-hydroxylation sites is 1. The van der Waals surface area contributed by atoms with E-state index in [1.165, 1.54) is 0 Å². The van der Waals surface area contributed by atoms with E-state index in [0.29, 0.717) is 6.42 Å². The minimum absolute atomic E-state index is 0.151. The third-order valence-electron chi connectivity index (χ3n) is 4.45. The molecule has 1 unspecified atom stereocenters. The molecule has 0 fully saturated rings. The number of hydrogen-bond donors (Lipinski definition) is 1. The first-order valence-electron chi connectivity index (χ1n) is 8.49. The molecule has 0 saturated carbocycles. The van der Waals surface area contributed by atoms with Gasteiger partial charge in [-0.1, -0.05) is 37.3 Å². The molecule has 0 aliphatic carbocycles. The lowest BCUT2D eigenvalue weighted by atomic mass is 10.1. The molecule has 4 nitrogen and oxygen atoms in total. The topological polar surface area (TPSA) is 51.1 Å². The molecule has 0 bridgehead atoms. The number of anilines is 1. The predicted molar refractivity (Wildman–Crippen MR) is 102 cm³/mol. The molecule has 4 heteroatoms. The number of pyridine rings is 1. The maximum atomic E-state index is 12.9. The van der Waals surface area contributed by atoms with E-state index in [0.717, 1.165) is 27.7 Å². The van der Waals surface area contributed by atoms with Crippen molar-refractivity contribution in [2.24, 2.45) is 0 Å². The first-order chi connectivity index (χ1) is 12.0. The van der Waals surface area contributed by atoms with Crippen LogP contribution < -0.4 is 10.9 Å². The maximum Gasteiger partial charge on any atom is 0.252 e. The molecular formula is C21H22N2O2. The van der Waals surface area contributed by atoms with Crippen molar-refractivity contribution in [2.75, 3.05) is 5.32 Å². The number of rotatable bonds is 4. The molecule has 0 aliphatic heterocycles. The highest BCUT2D eigenvalue weighted by atomic mass is 16.2. The lowest BCUT2D eigenvalue weighted by Gasteiger charge is -2.21. The van der Waals surface area contributed by atoms with E-state index in [4.69, 9.17) is 0 Å². The van der Waals surface area contributed by atoms with E-state index < -0.39 is 6.04 Å². The average molecular weight is 334 g/mol. The Kier molecular flexibility index (Phi) is 4.70. The third kappa shape index (κ3) is 3.33. The van der Waals surface area contributed by atoms with Gasteiger partial charge in [0.1, 0.15) is 6.04 Å². The van der Waals surface area contributed by atoms with Crippen LogP contribution in [-0.4, -0.2) is 10.5 Å². The van der Waals surface area contributed by atoms with E-state index in [1.54, 1.807) is 10.6 Å². The molecular weight excluding hydrogens is 312 g/mol. The van der Waals surface area contributed by atoms with E-state index in [-0.39, 0.29) is 11.5 Å². The second kappa shape index (κ2) is 6.93. The first kappa shape index (κ1) is 17.0. The number of amides is 1. The van der Waals surface area contributed by atoms with Gasteiger partial charge in [-0.05, 0) is 49.6 Å². The first-order valence-corrected chi connectivity index (χ1v) is 8.49. The highest BCUT2D eigenvalue weighted by molar-refractivity contribution is 5.95. The SMILES string of the molecule is CCC(C(=O)Nc1cccc(C)c1)n1c(=O)cc(C)c2ccccc21. The maximum absolute atomic E-state index is 12.9. The van der Waals surface area contributed by atoms with Crippen LogP contribution in [0.3, 0.4) is 0 Å². The number of benzene rings is 2. The van der Waals surface area contributed by atoms with Crippen LogP contribution in [0.4, 0.5) is 5.69 Å². The third-order valence-corrected chi connectivity index (χ3v) is 4.45. The van der Waals surface area contributed by atoms with Gasteiger partial charge in [-0.25, -0.2) is 0 Å². The van der Waals surface area contributed by atoms with Gasteiger partial charge in [0.05, 0.1) is 5.52 Å². The monoisotopic (exact) mass is 334 g/mol. The Morgan fingerprint density at radius 1 is 1.08 bits per heavy atom. The number of aryl methyl sites for hydroxylation is 2. The Labute approximate surface area is 147 Å². The van der Waals surface area contributed by atoms with Gasteiger partial charge in [0, 0.05) is 17.1 Å². The van der Waals surface area contributed by atoms with Crippen molar-refractivity contribution >= 4 is 22.5 Å². The second-order valence-electron chi connectivity index (χ2n) is 6.34. The van der Waals surface area contributed by atoms with Crippen LogP contribution in [0, 0.1) is 13.8 Å². The number of nitrogens with zero attached hydrogens (tertiary/aromatic N) is 1. The van der Waals surface area contributed by atoms with Crippen molar-refractivity contribution in [1.29, 1.82) is 0 Å². The van der Waals surface area contributed by atoms with Gasteiger partial charge in [-0.2, -0.15) is 0 Å². The molecule has 1 aromatic heterocycles. The molecule has 2 aromatic carbocycles. The van der Waals surface area contributed by atoms with Crippen molar-refractivity contribution in [1.82, 2.24) is 4.57 Å². The van der Waals surface area contributed by atoms with Crippen LogP contribution in [0.1, 0.15) is 30.5 Å². The lowest BCUT2D eigenvalue weighted by Crippen LogP contribution is -2.33. The number of aromatic nitrogens is 1. The van der Waals surface area contributed by atoms with Crippen LogP contribution in [0.25, 0.3) is 10.9 Å². The Morgan fingerprint density at radius 3 is 2.56 bits per heavy atom. The van der Waals surface area contributed by atoms with Gasteiger partial charge in [0.15, 0.2) is 0 Å². The predicted octanol–water partition coefficient (Wildman–Crippen LogP) is 4.21. The highest BCUT2D eigenvalue weighted by Gasteiger charge is 2.22. The van der Waals surface area contributed by atoms with Crippen molar-refractivity contribution < 1.29 is 4.79 Å². The van der Waals surface area contributed by atoms with E-state index in [2.05, 4.69) is 5.32 Å². The van der Waals surface area contributed by atoms with Gasteiger partial charge in [-0.15, -0.1) is 0 Å². The Bertz CT molecular complexity index is 989. The Morgan fingerprint density at radius 2 is 1.84 bits per heavy atom. The van der Waals surface area contributed by atoms with Crippen molar-refractivity contribution in [2.45, 2.75) is 33.2 Å². The van der Waals surface area contributed by atoms with Crippen molar-refractivity contribution in [3.63, 3.8) is 0 Å². The van der Waals surface area contributed by atoms with Gasteiger partial charge in [0.2, 0.25) is 5.91 Å². The fourth-order valence-electron chi connectivity index (χ4n) is 3.22. The number of carbonyl (C=O) groups is 1. The molecule has 0 spiro atoms. The molecule has 1 heterocycles. The van der Waals surface area contributed by atoms with Crippen LogP contribution >= 0.6 is 0 Å². The smallest absolute Gasteiger partial charge is 0.252 e. The number of fused-ring (bicyclic) bond motifs is 1. The highest BCUT2D eigenvalue weighted by Crippen LogP contribution is 2.22. The zero-order chi connectivity index (χ0) is 18.0. The van der Waals surface area contributed by atoms with Crippen molar-refractivity contribution in [3.8, 4) is 0 Å². The molecule has 128 valence electrons. The number of nitrogens with one attached hydrogen (secondary N) is 1. The summed E-state index contributed by atoms with van der Waals surface area (Å²) in [5.74, 6) is -0.177. The lowest BCUT2D eigenvalue weighted by molar-refractivity contribution is -0.119. The second-order valence-corrected chi connectivity index (χ2v) is 6.34. The standard InChI is InChI=1S/C21H22N2O2/c1-4-18(21(25)22-16-9-7-8-14(2)12-16)23-19-11-6-5-10-17(19)15(3)13-20(23)24/h5-13,18H,4H2,1-3H3,(H,22,25). The Hall–Kier alpha value is -2.88. The molecule has 1 atom stereocenters. The summed E-state index contributed by atoms with van der Waals surface area (Å²) in [5.41, 5.74) is 3.38. The molecule has 0 saturated heterocycles. The fraction of sp³-hybridized carbons (Fsp3) is 0.238. The van der Waals surface area contributed by atoms with Crippen LogP contribution in [0.2, 0.25) is 0 Å². The molecule has 1 N–H and O–H groups in total. The van der Waals surface area contributed by atoms with Gasteiger partial charge < -0.3 is 5.32 Å². The van der Waals surface area contributed by atoms with Gasteiger partial charge in [-0.3, -0.25) is 14.2 Å². The van der Waals surface area contributed by atoms with Gasteiger partial charge in [0.25, 0.3) is 5.56 Å².